The van der Waals surface area contributed by atoms with Gasteiger partial charge < -0.3 is 9.47 Å². The van der Waals surface area contributed by atoms with E-state index in [1.165, 1.54) is 16.0 Å². The van der Waals surface area contributed by atoms with Crippen LogP contribution in [0.1, 0.15) is 35.7 Å². The van der Waals surface area contributed by atoms with E-state index in [0.29, 0.717) is 5.92 Å². The molecule has 0 spiro atoms. The van der Waals surface area contributed by atoms with E-state index in [2.05, 4.69) is 35.3 Å². The van der Waals surface area contributed by atoms with Gasteiger partial charge in [0.25, 0.3) is 0 Å². The summed E-state index contributed by atoms with van der Waals surface area (Å²) in [5, 5.41) is 8.26. The van der Waals surface area contributed by atoms with Gasteiger partial charge in [0.05, 0.1) is 5.25 Å². The van der Waals surface area contributed by atoms with Crippen LogP contribution in [0, 0.1) is 6.92 Å². The van der Waals surface area contributed by atoms with Crippen molar-refractivity contribution in [2.24, 2.45) is 7.05 Å². The zero-order valence-electron chi connectivity index (χ0n) is 14.1. The molecule has 1 aromatic heterocycles. The summed E-state index contributed by atoms with van der Waals surface area (Å²) in [5.41, 5.74) is 2.57. The number of carbonyl (C=O) groups is 1. The van der Waals surface area contributed by atoms with Crippen LogP contribution >= 0.6 is 11.8 Å². The molecule has 0 bridgehead atoms. The minimum Gasteiger partial charge on any atom is -0.341 e. The number of benzene rings is 1. The van der Waals surface area contributed by atoms with Crippen LogP contribution in [0.4, 0.5) is 0 Å². The molecule has 2 aromatic rings. The van der Waals surface area contributed by atoms with E-state index in [1.54, 1.807) is 18.1 Å². The van der Waals surface area contributed by atoms with Gasteiger partial charge in [-0.25, -0.2) is 0 Å². The molecule has 1 saturated heterocycles. The lowest BCUT2D eigenvalue weighted by Gasteiger charge is -2.33. The number of aryl methyl sites for hydroxylation is 2. The number of fused-ring (bicyclic) bond motifs is 1. The number of carbonyl (C=O) groups excluding carboxylic acids is 1. The van der Waals surface area contributed by atoms with Crippen molar-refractivity contribution in [3.63, 3.8) is 0 Å². The first-order chi connectivity index (χ1) is 11.6. The Labute approximate surface area is 146 Å². The average molecular weight is 342 g/mol. The van der Waals surface area contributed by atoms with Crippen molar-refractivity contribution in [1.82, 2.24) is 19.7 Å². The van der Waals surface area contributed by atoms with Gasteiger partial charge >= 0.3 is 0 Å². The summed E-state index contributed by atoms with van der Waals surface area (Å²) >= 11 is 1.73. The van der Waals surface area contributed by atoms with E-state index in [1.807, 2.05) is 16.5 Å². The summed E-state index contributed by atoms with van der Waals surface area (Å²) in [6.45, 7) is 3.73. The topological polar surface area (TPSA) is 51.0 Å². The molecule has 1 aromatic carbocycles. The van der Waals surface area contributed by atoms with E-state index in [4.69, 9.17) is 0 Å². The minimum atomic E-state index is 0.0278. The van der Waals surface area contributed by atoms with Crippen LogP contribution in [0.15, 0.2) is 29.4 Å². The Morgan fingerprint density at radius 2 is 2.25 bits per heavy atom. The van der Waals surface area contributed by atoms with Crippen molar-refractivity contribution in [1.29, 1.82) is 0 Å². The summed E-state index contributed by atoms with van der Waals surface area (Å²) in [7, 11) is 1.97. The zero-order valence-corrected chi connectivity index (χ0v) is 14.9. The minimum absolute atomic E-state index is 0.0278. The highest BCUT2D eigenvalue weighted by Crippen LogP contribution is 2.39. The molecule has 0 N–H and O–H groups in total. The van der Waals surface area contributed by atoms with Gasteiger partial charge in [-0.1, -0.05) is 17.7 Å². The molecule has 6 heteroatoms. The maximum atomic E-state index is 13.0. The molecule has 2 aliphatic heterocycles. The molecule has 0 aliphatic carbocycles. The van der Waals surface area contributed by atoms with Crippen molar-refractivity contribution < 1.29 is 4.79 Å². The summed E-state index contributed by atoms with van der Waals surface area (Å²) in [5.74, 6) is 1.57. The second-order valence-corrected chi connectivity index (χ2v) is 8.09. The molecule has 1 amide bonds. The molecule has 24 heavy (non-hydrogen) atoms. The largest absolute Gasteiger partial charge is 0.341 e. The second-order valence-electron chi connectivity index (χ2n) is 6.85. The number of rotatable bonds is 2. The van der Waals surface area contributed by atoms with Crippen LogP contribution in [0.2, 0.25) is 0 Å². The van der Waals surface area contributed by atoms with Crippen LogP contribution in [-0.4, -0.2) is 43.9 Å². The lowest BCUT2D eigenvalue weighted by Crippen LogP contribution is -2.43. The van der Waals surface area contributed by atoms with Crippen molar-refractivity contribution in [2.45, 2.75) is 42.2 Å². The summed E-state index contributed by atoms with van der Waals surface area (Å²) in [4.78, 5) is 16.3. The Bertz CT molecular complexity index is 772. The molecule has 2 atom stereocenters. The van der Waals surface area contributed by atoms with Gasteiger partial charge in [-0.05, 0) is 37.8 Å². The van der Waals surface area contributed by atoms with Gasteiger partial charge in [-0.2, -0.15) is 0 Å². The molecule has 4 rings (SSSR count). The third kappa shape index (κ3) is 2.83. The first kappa shape index (κ1) is 15.7. The van der Waals surface area contributed by atoms with Gasteiger partial charge in [-0.15, -0.1) is 22.0 Å². The van der Waals surface area contributed by atoms with Crippen LogP contribution in [0.3, 0.4) is 0 Å². The van der Waals surface area contributed by atoms with Gasteiger partial charge in [0.1, 0.15) is 12.2 Å². The van der Waals surface area contributed by atoms with Crippen LogP contribution in [0.25, 0.3) is 0 Å². The highest BCUT2D eigenvalue weighted by Gasteiger charge is 2.34. The van der Waals surface area contributed by atoms with E-state index in [9.17, 15) is 4.79 Å². The Morgan fingerprint density at radius 1 is 1.38 bits per heavy atom. The predicted octanol–water partition coefficient (Wildman–Crippen LogP) is 2.55. The quantitative estimate of drug-likeness (QED) is 0.842. The van der Waals surface area contributed by atoms with Crippen molar-refractivity contribution >= 4 is 17.7 Å². The van der Waals surface area contributed by atoms with Gasteiger partial charge in [0.15, 0.2) is 0 Å². The fourth-order valence-corrected chi connectivity index (χ4v) is 5.10. The lowest BCUT2D eigenvalue weighted by atomic mass is 9.96. The standard InChI is InChI=1S/C18H22N4OS/c1-12-5-6-13-9-16(24-15(13)8-12)18(23)22-7-3-4-14(10-22)17-20-19-11-21(17)2/h5-6,8,11,14,16H,3-4,7,9-10H2,1-2H3/t14-,16-/m0/s1. The molecule has 0 radical (unpaired) electrons. The molecule has 5 nitrogen and oxygen atoms in total. The number of hydrogen-bond donors (Lipinski definition) is 0. The molecule has 126 valence electrons. The first-order valence-electron chi connectivity index (χ1n) is 8.50. The first-order valence-corrected chi connectivity index (χ1v) is 9.38. The van der Waals surface area contributed by atoms with Gasteiger partial charge in [0.2, 0.25) is 5.91 Å². The number of aromatic nitrogens is 3. The Kier molecular flexibility index (Phi) is 4.08. The summed E-state index contributed by atoms with van der Waals surface area (Å²) in [6.07, 6.45) is 4.70. The average Bonchev–Trinajstić information content (AvgIpc) is 3.20. The number of likely N-dealkylation sites (tertiary alicyclic amines) is 1. The number of thioether (sulfide) groups is 1. The smallest absolute Gasteiger partial charge is 0.236 e. The maximum absolute atomic E-state index is 13.0. The SMILES string of the molecule is Cc1ccc2c(c1)S[C@H](C(=O)N1CCC[C@H](c3nncn3C)C1)C2. The Hall–Kier alpha value is -1.82. The predicted molar refractivity (Wildman–Crippen MR) is 94.1 cm³/mol. The van der Waals surface area contributed by atoms with Gasteiger partial charge in [0, 0.05) is 31.0 Å². The number of amides is 1. The van der Waals surface area contributed by atoms with Crippen molar-refractivity contribution in [3.8, 4) is 0 Å². The highest BCUT2D eigenvalue weighted by atomic mass is 32.2. The second kappa shape index (κ2) is 6.24. The molecule has 0 saturated carbocycles. The zero-order chi connectivity index (χ0) is 16.7. The highest BCUT2D eigenvalue weighted by molar-refractivity contribution is 8.01. The van der Waals surface area contributed by atoms with E-state index in [-0.39, 0.29) is 11.2 Å². The van der Waals surface area contributed by atoms with E-state index in [0.717, 1.165) is 38.2 Å². The maximum Gasteiger partial charge on any atom is 0.236 e. The summed E-state index contributed by atoms with van der Waals surface area (Å²) in [6, 6.07) is 6.51. The molecule has 3 heterocycles. The van der Waals surface area contributed by atoms with E-state index < -0.39 is 0 Å². The number of nitrogens with zero attached hydrogens (tertiary/aromatic N) is 4. The Balaban J connectivity index is 1.46. The number of piperidine rings is 1. The lowest BCUT2D eigenvalue weighted by molar-refractivity contribution is -0.131. The third-order valence-corrected chi connectivity index (χ3v) is 6.30. The molecule has 1 fully saturated rings. The summed E-state index contributed by atoms with van der Waals surface area (Å²) < 4.78 is 1.97. The van der Waals surface area contributed by atoms with Crippen LogP contribution < -0.4 is 0 Å². The third-order valence-electron chi connectivity index (χ3n) is 5.02. The van der Waals surface area contributed by atoms with Gasteiger partial charge in [-0.3, -0.25) is 4.79 Å². The molecular weight excluding hydrogens is 320 g/mol. The molecular formula is C18H22N4OS. The van der Waals surface area contributed by atoms with Crippen LogP contribution in [0.5, 0.6) is 0 Å². The fourth-order valence-electron chi connectivity index (χ4n) is 3.73. The van der Waals surface area contributed by atoms with Crippen LogP contribution in [-0.2, 0) is 18.3 Å². The molecule has 0 unspecified atom stereocenters. The monoisotopic (exact) mass is 342 g/mol. The van der Waals surface area contributed by atoms with E-state index >= 15 is 0 Å². The fraction of sp³-hybridized carbons (Fsp3) is 0.500. The van der Waals surface area contributed by atoms with Crippen molar-refractivity contribution in [2.75, 3.05) is 13.1 Å². The molecule has 2 aliphatic rings. The number of hydrogen-bond acceptors (Lipinski definition) is 4. The normalized spacial score (nSPS) is 23.3. The Morgan fingerprint density at radius 3 is 3.04 bits per heavy atom. The van der Waals surface area contributed by atoms with Crippen molar-refractivity contribution in [3.05, 3.63) is 41.5 Å².